The van der Waals surface area contributed by atoms with Crippen LogP contribution in [0.5, 0.6) is 0 Å². The van der Waals surface area contributed by atoms with Crippen molar-refractivity contribution in [1.29, 1.82) is 0 Å². The molecule has 4 aromatic rings. The van der Waals surface area contributed by atoms with Crippen LogP contribution in [0.2, 0.25) is 0 Å². The van der Waals surface area contributed by atoms with E-state index < -0.39 is 13.0 Å². The second-order valence-electron chi connectivity index (χ2n) is 9.03. The van der Waals surface area contributed by atoms with E-state index in [0.29, 0.717) is 45.8 Å². The lowest BCUT2D eigenvalue weighted by atomic mass is 9.91. The molecule has 0 saturated heterocycles. The van der Waals surface area contributed by atoms with E-state index >= 15 is 0 Å². The number of carbonyl (C=O) groups excluding carboxylic acids is 1. The molecule has 0 unspecified atom stereocenters. The van der Waals surface area contributed by atoms with Crippen LogP contribution in [0.15, 0.2) is 12.4 Å². The molecule has 4 heterocycles. The van der Waals surface area contributed by atoms with Gasteiger partial charge in [-0.3, -0.25) is 4.79 Å². The van der Waals surface area contributed by atoms with Crippen LogP contribution < -0.4 is 16.0 Å². The number of amides is 1. The van der Waals surface area contributed by atoms with Gasteiger partial charge in [0.1, 0.15) is 17.3 Å². The molecule has 0 spiro atoms. The van der Waals surface area contributed by atoms with Crippen molar-refractivity contribution in [3.05, 3.63) is 18.2 Å². The Labute approximate surface area is 205 Å². The minimum Gasteiger partial charge on any atom is -0.372 e. The maximum atomic E-state index is 13.1. The summed E-state index contributed by atoms with van der Waals surface area (Å²) < 4.78 is 27.6. The summed E-state index contributed by atoms with van der Waals surface area (Å²) in [5.41, 5.74) is 2.44. The number of aromatic amines is 1. The van der Waals surface area contributed by atoms with Crippen LogP contribution in [0.1, 0.15) is 38.4 Å². The van der Waals surface area contributed by atoms with E-state index in [1.807, 2.05) is 0 Å². The molecular weight excluding hydrogens is 470 g/mol. The highest BCUT2D eigenvalue weighted by molar-refractivity contribution is 6.01. The largest absolute Gasteiger partial charge is 0.372 e. The molecule has 0 aromatic carbocycles. The smallest absolute Gasteiger partial charge is 0.256 e. The highest BCUT2D eigenvalue weighted by Crippen LogP contribution is 2.33. The average Bonchev–Trinajstić information content (AvgIpc) is 3.40. The molecule has 13 heteroatoms. The Morgan fingerprint density at radius 1 is 1.17 bits per heavy atom. The Hall–Kier alpha value is -3.90. The molecule has 0 atom stereocenters. The minimum absolute atomic E-state index is 0.00106. The summed E-state index contributed by atoms with van der Waals surface area (Å²) >= 11 is 0. The van der Waals surface area contributed by atoms with Crippen molar-refractivity contribution < 1.29 is 13.6 Å². The molecule has 0 radical (unpaired) electrons. The van der Waals surface area contributed by atoms with Gasteiger partial charge in [0, 0.05) is 37.8 Å². The van der Waals surface area contributed by atoms with Crippen molar-refractivity contribution >= 4 is 40.0 Å². The predicted octanol–water partition coefficient (Wildman–Crippen LogP) is 3.24. The third-order valence-electron chi connectivity index (χ3n) is 6.48. The maximum absolute atomic E-state index is 13.1. The number of imidazole rings is 1. The van der Waals surface area contributed by atoms with Crippen molar-refractivity contribution in [1.82, 2.24) is 39.8 Å². The van der Waals surface area contributed by atoms with Crippen LogP contribution in [-0.4, -0.2) is 65.9 Å². The summed E-state index contributed by atoms with van der Waals surface area (Å²) in [5, 5.41) is 10.3. The van der Waals surface area contributed by atoms with Crippen molar-refractivity contribution in [3.8, 4) is 11.3 Å². The molecule has 36 heavy (non-hydrogen) atoms. The van der Waals surface area contributed by atoms with Gasteiger partial charge in [0.15, 0.2) is 11.3 Å². The zero-order chi connectivity index (χ0) is 25.4. The zero-order valence-corrected chi connectivity index (χ0v) is 20.3. The predicted molar refractivity (Wildman–Crippen MR) is 132 cm³/mol. The number of fused-ring (bicyclic) bond motifs is 2. The highest BCUT2D eigenvalue weighted by atomic mass is 19.3. The lowest BCUT2D eigenvalue weighted by Crippen LogP contribution is -2.39. The fourth-order valence-corrected chi connectivity index (χ4v) is 4.82. The number of alkyl halides is 2. The summed E-state index contributed by atoms with van der Waals surface area (Å²) in [4.78, 5) is 37.0. The number of aryl methyl sites for hydroxylation is 1. The number of hydrogen-bond acceptors (Lipinski definition) is 8. The lowest BCUT2D eigenvalue weighted by molar-refractivity contribution is -0.119. The van der Waals surface area contributed by atoms with Crippen LogP contribution in [0.3, 0.4) is 0 Å². The van der Waals surface area contributed by atoms with Crippen molar-refractivity contribution in [2.24, 2.45) is 0 Å². The number of halogens is 2. The quantitative estimate of drug-likeness (QED) is 0.305. The van der Waals surface area contributed by atoms with Crippen LogP contribution in [0, 0.1) is 6.92 Å². The number of nitrogens with zero attached hydrogens (tertiary/aromatic N) is 6. The molecule has 1 amide bonds. The van der Waals surface area contributed by atoms with E-state index in [1.54, 1.807) is 33.3 Å². The van der Waals surface area contributed by atoms with Crippen molar-refractivity contribution in [2.75, 3.05) is 17.7 Å². The first-order valence-electron chi connectivity index (χ1n) is 11.9. The summed E-state index contributed by atoms with van der Waals surface area (Å²) in [7, 11) is 1.77. The lowest BCUT2D eigenvalue weighted by Gasteiger charge is -2.29. The molecule has 1 fully saturated rings. The molecule has 4 N–H and O–H groups in total. The molecular formula is C23H28F2N10O. The van der Waals surface area contributed by atoms with Crippen LogP contribution in [0.25, 0.3) is 33.6 Å². The van der Waals surface area contributed by atoms with Gasteiger partial charge >= 0.3 is 0 Å². The van der Waals surface area contributed by atoms with E-state index in [1.165, 1.54) is 4.57 Å². The van der Waals surface area contributed by atoms with E-state index in [-0.39, 0.29) is 18.0 Å². The molecule has 1 saturated carbocycles. The molecule has 0 bridgehead atoms. The van der Waals surface area contributed by atoms with Gasteiger partial charge in [-0.1, -0.05) is 0 Å². The summed E-state index contributed by atoms with van der Waals surface area (Å²) in [5.74, 6) is 1.53. The average molecular weight is 499 g/mol. The number of nitrogens with one attached hydrogen (secondary N) is 4. The third kappa shape index (κ3) is 4.64. The number of anilines is 2. The van der Waals surface area contributed by atoms with Gasteiger partial charge in [-0.15, -0.1) is 0 Å². The molecule has 1 aliphatic rings. The SMILES string of the molecule is CNc1nc(N[C@H]2CC[C@@H](NC(C)=O)CC2)nc2[nH]cc(-c3cnc4nc(C)n(CC(F)F)c4n3)c12. The Kier molecular flexibility index (Phi) is 6.37. The number of aromatic nitrogens is 7. The molecule has 190 valence electrons. The minimum atomic E-state index is -2.53. The van der Waals surface area contributed by atoms with Gasteiger partial charge in [-0.05, 0) is 32.6 Å². The Morgan fingerprint density at radius 3 is 2.61 bits per heavy atom. The molecule has 4 aromatic heterocycles. The topological polar surface area (TPSA) is 138 Å². The summed E-state index contributed by atoms with van der Waals surface area (Å²) in [6.07, 6.45) is 4.40. The van der Waals surface area contributed by atoms with Crippen LogP contribution in [-0.2, 0) is 11.3 Å². The normalized spacial score (nSPS) is 18.2. The van der Waals surface area contributed by atoms with E-state index in [9.17, 15) is 13.6 Å². The standard InChI is InChI=1S/C23H28F2N10O/c1-11-29-21-22(35(11)10-17(24)25)32-16(9-28-21)15-8-27-20-18(15)19(26-3)33-23(34-20)31-14-6-4-13(5-7-14)30-12(2)36/h8-9,13-14,17H,4-7,10H2,1-3H3,(H,30,36)(H3,26,27,31,33,34)/t13-,14+. The number of H-pyrrole nitrogens is 1. The fourth-order valence-electron chi connectivity index (χ4n) is 4.82. The second-order valence-corrected chi connectivity index (χ2v) is 9.03. The molecule has 5 rings (SSSR count). The number of rotatable bonds is 7. The van der Waals surface area contributed by atoms with Crippen LogP contribution in [0.4, 0.5) is 20.5 Å². The monoisotopic (exact) mass is 498 g/mol. The highest BCUT2D eigenvalue weighted by Gasteiger charge is 2.24. The van der Waals surface area contributed by atoms with Gasteiger partial charge in [0.2, 0.25) is 11.9 Å². The van der Waals surface area contributed by atoms with E-state index in [0.717, 1.165) is 31.1 Å². The van der Waals surface area contributed by atoms with E-state index in [2.05, 4.69) is 45.9 Å². The van der Waals surface area contributed by atoms with Crippen LogP contribution >= 0.6 is 0 Å². The van der Waals surface area contributed by atoms with Gasteiger partial charge in [-0.2, -0.15) is 9.97 Å². The van der Waals surface area contributed by atoms with Gasteiger partial charge < -0.3 is 25.5 Å². The summed E-state index contributed by atoms with van der Waals surface area (Å²) in [6, 6.07) is 0.417. The first-order valence-corrected chi connectivity index (χ1v) is 11.9. The van der Waals surface area contributed by atoms with E-state index in [4.69, 9.17) is 0 Å². The Balaban J connectivity index is 1.43. The fraction of sp³-hybridized carbons (Fsp3) is 0.478. The first-order chi connectivity index (χ1) is 17.3. The second kappa shape index (κ2) is 9.63. The van der Waals surface area contributed by atoms with Crippen molar-refractivity contribution in [3.63, 3.8) is 0 Å². The van der Waals surface area contributed by atoms with Crippen molar-refractivity contribution in [2.45, 2.75) is 64.6 Å². The number of carbonyl (C=O) groups is 1. The van der Waals surface area contributed by atoms with Gasteiger partial charge in [0.25, 0.3) is 6.43 Å². The van der Waals surface area contributed by atoms with Gasteiger partial charge in [-0.25, -0.2) is 23.7 Å². The molecule has 11 nitrogen and oxygen atoms in total. The summed E-state index contributed by atoms with van der Waals surface area (Å²) in [6.45, 7) is 2.70. The zero-order valence-electron chi connectivity index (χ0n) is 20.3. The van der Waals surface area contributed by atoms with Gasteiger partial charge in [0.05, 0.1) is 23.8 Å². The third-order valence-corrected chi connectivity index (χ3v) is 6.48. The maximum Gasteiger partial charge on any atom is 0.256 e. The molecule has 0 aliphatic heterocycles. The Morgan fingerprint density at radius 2 is 1.92 bits per heavy atom. The molecule has 1 aliphatic carbocycles. The Bertz CT molecular complexity index is 1410. The first kappa shape index (κ1) is 23.8. The number of hydrogen-bond donors (Lipinski definition) is 4.